The quantitative estimate of drug-likeness (QED) is 0.713. The maximum absolute atomic E-state index is 5.45. The van der Waals surface area contributed by atoms with Crippen LogP contribution in [0.15, 0.2) is 36.4 Å². The molecule has 0 saturated carbocycles. The predicted molar refractivity (Wildman–Crippen MR) is 107 cm³/mol. The minimum atomic E-state index is -0.100. The molecule has 0 heterocycles. The summed E-state index contributed by atoms with van der Waals surface area (Å²) in [5.41, 5.74) is 1.66. The van der Waals surface area contributed by atoms with Gasteiger partial charge in [-0.05, 0) is 49.5 Å². The van der Waals surface area contributed by atoms with Gasteiger partial charge in [0.15, 0.2) is 5.11 Å². The maximum Gasteiger partial charge on any atom is 0.171 e. The molecule has 0 bridgehead atoms. The Morgan fingerprint density at radius 1 is 0.846 bits per heavy atom. The number of anilines is 1. The third kappa shape index (κ3) is 4.70. The van der Waals surface area contributed by atoms with Crippen LogP contribution in [0.3, 0.4) is 0 Å². The van der Waals surface area contributed by atoms with Gasteiger partial charge in [0, 0.05) is 11.6 Å². The lowest BCUT2D eigenvalue weighted by molar-refractivity contribution is 0.395. The molecule has 6 nitrogen and oxygen atoms in total. The standard InChI is InChI=1S/C19H24N2O4S/c1-12(15-10-13(22-2)6-8-17(15)24-4)20-19(26)21-16-11-14(23-3)7-9-18(16)25-5/h6-12H,1-5H3,(H2,20,21,26). The van der Waals surface area contributed by atoms with E-state index in [-0.39, 0.29) is 6.04 Å². The Kier molecular flexibility index (Phi) is 6.91. The smallest absolute Gasteiger partial charge is 0.171 e. The van der Waals surface area contributed by atoms with Gasteiger partial charge in [-0.15, -0.1) is 0 Å². The average Bonchev–Trinajstić information content (AvgIpc) is 2.67. The van der Waals surface area contributed by atoms with Crippen molar-refractivity contribution in [1.29, 1.82) is 0 Å². The molecule has 0 amide bonds. The Labute approximate surface area is 159 Å². The SMILES string of the molecule is COc1ccc(OC)c(NC(=S)NC(C)c2cc(OC)ccc2OC)c1. The van der Waals surface area contributed by atoms with Gasteiger partial charge in [-0.3, -0.25) is 0 Å². The van der Waals surface area contributed by atoms with E-state index in [4.69, 9.17) is 31.2 Å². The number of benzene rings is 2. The van der Waals surface area contributed by atoms with E-state index >= 15 is 0 Å². The minimum Gasteiger partial charge on any atom is -0.497 e. The molecule has 2 aromatic rings. The highest BCUT2D eigenvalue weighted by Gasteiger charge is 2.15. The molecule has 1 unspecified atom stereocenters. The van der Waals surface area contributed by atoms with Crippen LogP contribution in [0.1, 0.15) is 18.5 Å². The van der Waals surface area contributed by atoms with Gasteiger partial charge in [0.1, 0.15) is 23.0 Å². The van der Waals surface area contributed by atoms with Crippen LogP contribution >= 0.6 is 12.2 Å². The van der Waals surface area contributed by atoms with Gasteiger partial charge in [0.25, 0.3) is 0 Å². The zero-order chi connectivity index (χ0) is 19.1. The first-order valence-electron chi connectivity index (χ1n) is 8.03. The van der Waals surface area contributed by atoms with Gasteiger partial charge in [0.05, 0.1) is 40.2 Å². The summed E-state index contributed by atoms with van der Waals surface area (Å²) in [6, 6.07) is 11.0. The van der Waals surface area contributed by atoms with Crippen molar-refractivity contribution in [3.05, 3.63) is 42.0 Å². The van der Waals surface area contributed by atoms with Crippen LogP contribution in [0, 0.1) is 0 Å². The Bertz CT molecular complexity index is 767. The van der Waals surface area contributed by atoms with E-state index in [1.165, 1.54) is 0 Å². The van der Waals surface area contributed by atoms with Gasteiger partial charge in [0.2, 0.25) is 0 Å². The van der Waals surface area contributed by atoms with Crippen molar-refractivity contribution >= 4 is 23.0 Å². The van der Waals surface area contributed by atoms with Crippen LogP contribution in [0.2, 0.25) is 0 Å². The molecule has 2 aromatic carbocycles. The molecule has 0 radical (unpaired) electrons. The van der Waals surface area contributed by atoms with Crippen LogP contribution in [-0.2, 0) is 0 Å². The minimum absolute atomic E-state index is 0.100. The molecule has 0 aromatic heterocycles. The molecule has 140 valence electrons. The summed E-state index contributed by atoms with van der Waals surface area (Å²) in [5, 5.41) is 6.85. The first kappa shape index (κ1) is 19.7. The molecule has 0 spiro atoms. The summed E-state index contributed by atoms with van der Waals surface area (Å²) in [6.07, 6.45) is 0. The summed E-state index contributed by atoms with van der Waals surface area (Å²) in [6.45, 7) is 1.99. The molecule has 0 aliphatic rings. The second kappa shape index (κ2) is 9.15. The number of nitrogens with one attached hydrogen (secondary N) is 2. The Morgan fingerprint density at radius 2 is 1.42 bits per heavy atom. The van der Waals surface area contributed by atoms with Crippen LogP contribution in [0.25, 0.3) is 0 Å². The van der Waals surface area contributed by atoms with E-state index < -0.39 is 0 Å². The van der Waals surface area contributed by atoms with Crippen molar-refractivity contribution < 1.29 is 18.9 Å². The van der Waals surface area contributed by atoms with Crippen molar-refractivity contribution in [2.24, 2.45) is 0 Å². The van der Waals surface area contributed by atoms with Crippen LogP contribution in [-0.4, -0.2) is 33.6 Å². The lowest BCUT2D eigenvalue weighted by Gasteiger charge is -2.21. The van der Waals surface area contributed by atoms with E-state index in [1.807, 2.05) is 43.3 Å². The van der Waals surface area contributed by atoms with Gasteiger partial charge >= 0.3 is 0 Å². The molecule has 0 aliphatic carbocycles. The second-order valence-corrected chi connectivity index (χ2v) is 5.90. The number of methoxy groups -OCH3 is 4. The zero-order valence-electron chi connectivity index (χ0n) is 15.6. The molecule has 26 heavy (non-hydrogen) atoms. The highest BCUT2D eigenvalue weighted by Crippen LogP contribution is 2.31. The van der Waals surface area contributed by atoms with Gasteiger partial charge in [-0.2, -0.15) is 0 Å². The molecule has 0 aliphatic heterocycles. The third-order valence-corrected chi connectivity index (χ3v) is 4.13. The van der Waals surface area contributed by atoms with E-state index in [0.717, 1.165) is 17.1 Å². The fourth-order valence-corrected chi connectivity index (χ4v) is 2.81. The van der Waals surface area contributed by atoms with Gasteiger partial charge in [-0.1, -0.05) is 0 Å². The van der Waals surface area contributed by atoms with Crippen LogP contribution in [0.4, 0.5) is 5.69 Å². The molecule has 7 heteroatoms. The number of hydrogen-bond acceptors (Lipinski definition) is 5. The van der Waals surface area contributed by atoms with Gasteiger partial charge < -0.3 is 29.6 Å². The van der Waals surface area contributed by atoms with Gasteiger partial charge in [-0.25, -0.2) is 0 Å². The van der Waals surface area contributed by atoms with E-state index in [0.29, 0.717) is 22.3 Å². The Balaban J connectivity index is 2.15. The fourth-order valence-electron chi connectivity index (χ4n) is 2.52. The number of ether oxygens (including phenoxy) is 4. The molecule has 2 rings (SSSR count). The lowest BCUT2D eigenvalue weighted by Crippen LogP contribution is -2.31. The highest BCUT2D eigenvalue weighted by molar-refractivity contribution is 7.80. The summed E-state index contributed by atoms with van der Waals surface area (Å²) in [5.74, 6) is 2.88. The van der Waals surface area contributed by atoms with Crippen molar-refractivity contribution in [2.75, 3.05) is 33.8 Å². The topological polar surface area (TPSA) is 61.0 Å². The third-order valence-electron chi connectivity index (χ3n) is 3.91. The Hall–Kier alpha value is -2.67. The largest absolute Gasteiger partial charge is 0.497 e. The Morgan fingerprint density at radius 3 is 2.00 bits per heavy atom. The van der Waals surface area contributed by atoms with Crippen molar-refractivity contribution in [1.82, 2.24) is 5.32 Å². The van der Waals surface area contributed by atoms with Crippen LogP contribution < -0.4 is 29.6 Å². The van der Waals surface area contributed by atoms with E-state index in [2.05, 4.69) is 10.6 Å². The molecular weight excluding hydrogens is 352 g/mol. The van der Waals surface area contributed by atoms with Crippen molar-refractivity contribution in [3.8, 4) is 23.0 Å². The molecule has 1 atom stereocenters. The summed E-state index contributed by atoms with van der Waals surface area (Å²) in [4.78, 5) is 0. The number of rotatable bonds is 7. The average molecular weight is 376 g/mol. The predicted octanol–water partition coefficient (Wildman–Crippen LogP) is 3.77. The zero-order valence-corrected chi connectivity index (χ0v) is 16.4. The first-order valence-corrected chi connectivity index (χ1v) is 8.44. The lowest BCUT2D eigenvalue weighted by atomic mass is 10.1. The van der Waals surface area contributed by atoms with E-state index in [9.17, 15) is 0 Å². The molecule has 0 saturated heterocycles. The van der Waals surface area contributed by atoms with Crippen molar-refractivity contribution in [3.63, 3.8) is 0 Å². The van der Waals surface area contributed by atoms with E-state index in [1.54, 1.807) is 28.4 Å². The molecular formula is C19H24N2O4S. The van der Waals surface area contributed by atoms with Crippen LogP contribution in [0.5, 0.6) is 23.0 Å². The highest BCUT2D eigenvalue weighted by atomic mass is 32.1. The number of thiocarbonyl (C=S) groups is 1. The molecule has 2 N–H and O–H groups in total. The fraction of sp³-hybridized carbons (Fsp3) is 0.316. The summed E-state index contributed by atoms with van der Waals surface area (Å²) < 4.78 is 21.3. The monoisotopic (exact) mass is 376 g/mol. The normalized spacial score (nSPS) is 11.3. The molecule has 0 fully saturated rings. The summed E-state index contributed by atoms with van der Waals surface area (Å²) in [7, 11) is 6.48. The number of hydrogen-bond donors (Lipinski definition) is 2. The summed E-state index contributed by atoms with van der Waals surface area (Å²) >= 11 is 5.45. The first-order chi connectivity index (χ1) is 12.5. The maximum atomic E-state index is 5.45. The second-order valence-electron chi connectivity index (χ2n) is 5.49. The van der Waals surface area contributed by atoms with Crippen molar-refractivity contribution in [2.45, 2.75) is 13.0 Å².